The van der Waals surface area contributed by atoms with Gasteiger partial charge >= 0.3 is 5.69 Å². The van der Waals surface area contributed by atoms with E-state index in [2.05, 4.69) is 25.6 Å². The van der Waals surface area contributed by atoms with Gasteiger partial charge in [0.25, 0.3) is 5.91 Å². The zero-order valence-corrected chi connectivity index (χ0v) is 14.0. The zero-order chi connectivity index (χ0) is 17.6. The van der Waals surface area contributed by atoms with Gasteiger partial charge in [0.15, 0.2) is 5.65 Å². The number of rotatable bonds is 5. The lowest BCUT2D eigenvalue weighted by molar-refractivity contribution is 0.0951. The second-order valence-electron chi connectivity index (χ2n) is 6.60. The van der Waals surface area contributed by atoms with Crippen LogP contribution in [0.3, 0.4) is 0 Å². The van der Waals surface area contributed by atoms with Gasteiger partial charge in [-0.05, 0) is 32.8 Å². The van der Waals surface area contributed by atoms with Crippen LogP contribution in [0.5, 0.6) is 0 Å². The van der Waals surface area contributed by atoms with E-state index in [1.807, 2.05) is 24.6 Å². The molecular weight excluding hydrogens is 322 g/mol. The van der Waals surface area contributed by atoms with Crippen molar-refractivity contribution in [3.63, 3.8) is 0 Å². The van der Waals surface area contributed by atoms with Gasteiger partial charge in [0.1, 0.15) is 5.82 Å². The van der Waals surface area contributed by atoms with E-state index in [1.54, 1.807) is 6.20 Å². The fourth-order valence-corrected chi connectivity index (χ4v) is 2.84. The Kier molecular flexibility index (Phi) is 3.63. The number of amides is 1. The molecule has 0 bridgehead atoms. The lowest BCUT2D eigenvalue weighted by atomic mass is 10.1. The molecule has 4 rings (SSSR count). The number of pyridine rings is 1. The lowest BCUT2D eigenvalue weighted by Crippen LogP contribution is -2.24. The quantitative estimate of drug-likeness (QED) is 0.644. The number of carbonyl (C=O) groups is 1. The van der Waals surface area contributed by atoms with E-state index >= 15 is 0 Å². The summed E-state index contributed by atoms with van der Waals surface area (Å²) in [5, 5.41) is 14.0. The Labute approximate surface area is 142 Å². The van der Waals surface area contributed by atoms with Crippen LogP contribution < -0.4 is 11.0 Å². The highest BCUT2D eigenvalue weighted by Crippen LogP contribution is 2.40. The highest BCUT2D eigenvalue weighted by atomic mass is 16.2. The molecule has 3 heterocycles. The molecular formula is C16H19N7O2. The van der Waals surface area contributed by atoms with Crippen molar-refractivity contribution in [1.82, 2.24) is 35.3 Å². The van der Waals surface area contributed by atoms with Gasteiger partial charge < -0.3 is 5.32 Å². The summed E-state index contributed by atoms with van der Waals surface area (Å²) in [6.45, 7) is 4.20. The number of aromatic nitrogens is 6. The SMILES string of the molecule is CC(C)n1ncc2c(C(=O)NCc3n[nH]c(=O)[nH]3)cc(C3CC3)nc21. The molecule has 1 aliphatic carbocycles. The summed E-state index contributed by atoms with van der Waals surface area (Å²) in [7, 11) is 0. The molecule has 0 aliphatic heterocycles. The Morgan fingerprint density at radius 1 is 1.44 bits per heavy atom. The van der Waals surface area contributed by atoms with E-state index in [0.29, 0.717) is 17.3 Å². The summed E-state index contributed by atoms with van der Waals surface area (Å²) in [4.78, 5) is 31.0. The number of carbonyl (C=O) groups excluding carboxylic acids is 1. The Balaban J connectivity index is 1.69. The fraction of sp³-hybridized carbons (Fsp3) is 0.438. The molecule has 130 valence electrons. The maximum Gasteiger partial charge on any atom is 0.340 e. The lowest BCUT2D eigenvalue weighted by Gasteiger charge is -2.10. The molecule has 0 radical (unpaired) electrons. The number of aromatic amines is 2. The van der Waals surface area contributed by atoms with Crippen LogP contribution in [0.4, 0.5) is 0 Å². The molecule has 0 saturated heterocycles. The van der Waals surface area contributed by atoms with Crippen LogP contribution in [0.15, 0.2) is 17.1 Å². The molecule has 0 unspecified atom stereocenters. The van der Waals surface area contributed by atoms with Crippen LogP contribution in [-0.4, -0.2) is 35.9 Å². The van der Waals surface area contributed by atoms with Crippen LogP contribution in [-0.2, 0) is 6.54 Å². The third-order valence-electron chi connectivity index (χ3n) is 4.28. The number of H-pyrrole nitrogens is 2. The number of nitrogens with zero attached hydrogens (tertiary/aromatic N) is 4. The number of nitrogens with one attached hydrogen (secondary N) is 3. The van der Waals surface area contributed by atoms with Crippen molar-refractivity contribution < 1.29 is 4.79 Å². The Morgan fingerprint density at radius 3 is 2.88 bits per heavy atom. The Bertz CT molecular complexity index is 993. The minimum Gasteiger partial charge on any atom is -0.345 e. The molecule has 0 atom stereocenters. The largest absolute Gasteiger partial charge is 0.345 e. The maximum absolute atomic E-state index is 12.7. The summed E-state index contributed by atoms with van der Waals surface area (Å²) in [6, 6.07) is 2.01. The molecule has 3 aromatic heterocycles. The van der Waals surface area contributed by atoms with Gasteiger partial charge in [-0.2, -0.15) is 10.2 Å². The number of fused-ring (bicyclic) bond motifs is 1. The normalized spacial score (nSPS) is 14.4. The van der Waals surface area contributed by atoms with E-state index in [9.17, 15) is 9.59 Å². The van der Waals surface area contributed by atoms with Crippen molar-refractivity contribution in [2.75, 3.05) is 0 Å². The summed E-state index contributed by atoms with van der Waals surface area (Å²) in [6.07, 6.45) is 3.89. The van der Waals surface area contributed by atoms with Crippen LogP contribution in [0.1, 0.15) is 60.5 Å². The Morgan fingerprint density at radius 2 is 2.24 bits per heavy atom. The fourth-order valence-electron chi connectivity index (χ4n) is 2.84. The van der Waals surface area contributed by atoms with Crippen LogP contribution >= 0.6 is 0 Å². The predicted octanol–water partition coefficient (Wildman–Crippen LogP) is 1.23. The van der Waals surface area contributed by atoms with Crippen molar-refractivity contribution in [3.8, 4) is 0 Å². The number of hydrogen-bond donors (Lipinski definition) is 3. The monoisotopic (exact) mass is 341 g/mol. The molecule has 0 aromatic carbocycles. The molecule has 1 saturated carbocycles. The van der Waals surface area contributed by atoms with Gasteiger partial charge in [0.05, 0.1) is 23.7 Å². The molecule has 9 heteroatoms. The summed E-state index contributed by atoms with van der Waals surface area (Å²) < 4.78 is 1.84. The van der Waals surface area contributed by atoms with Gasteiger partial charge in [-0.15, -0.1) is 0 Å². The van der Waals surface area contributed by atoms with E-state index in [-0.39, 0.29) is 18.5 Å². The second-order valence-corrected chi connectivity index (χ2v) is 6.60. The minimum absolute atomic E-state index is 0.137. The zero-order valence-electron chi connectivity index (χ0n) is 14.0. The highest BCUT2D eigenvalue weighted by molar-refractivity contribution is 6.05. The van der Waals surface area contributed by atoms with E-state index < -0.39 is 5.69 Å². The summed E-state index contributed by atoms with van der Waals surface area (Å²) in [5.74, 6) is 0.569. The van der Waals surface area contributed by atoms with Crippen molar-refractivity contribution in [2.24, 2.45) is 0 Å². The molecule has 3 N–H and O–H groups in total. The first kappa shape index (κ1) is 15.6. The van der Waals surface area contributed by atoms with E-state index in [4.69, 9.17) is 4.98 Å². The van der Waals surface area contributed by atoms with Gasteiger partial charge in [0, 0.05) is 17.7 Å². The first-order chi connectivity index (χ1) is 12.0. The van der Waals surface area contributed by atoms with Gasteiger partial charge in [-0.1, -0.05) is 0 Å². The smallest absolute Gasteiger partial charge is 0.340 e. The summed E-state index contributed by atoms with van der Waals surface area (Å²) >= 11 is 0. The highest BCUT2D eigenvalue weighted by Gasteiger charge is 2.28. The molecule has 1 amide bonds. The van der Waals surface area contributed by atoms with E-state index in [1.165, 1.54) is 0 Å². The molecule has 9 nitrogen and oxygen atoms in total. The van der Waals surface area contributed by atoms with Gasteiger partial charge in [-0.25, -0.2) is 19.6 Å². The average molecular weight is 341 g/mol. The van der Waals surface area contributed by atoms with Crippen molar-refractivity contribution in [2.45, 2.75) is 45.2 Å². The summed E-state index contributed by atoms with van der Waals surface area (Å²) in [5.41, 5.74) is 1.83. The predicted molar refractivity (Wildman–Crippen MR) is 90.3 cm³/mol. The van der Waals surface area contributed by atoms with Gasteiger partial charge in [-0.3, -0.25) is 9.78 Å². The van der Waals surface area contributed by atoms with Crippen molar-refractivity contribution in [1.29, 1.82) is 0 Å². The molecule has 1 fully saturated rings. The van der Waals surface area contributed by atoms with Crippen LogP contribution in [0, 0.1) is 0 Å². The molecule has 3 aromatic rings. The van der Waals surface area contributed by atoms with Crippen LogP contribution in [0.25, 0.3) is 11.0 Å². The molecule has 0 spiro atoms. The number of hydrogen-bond acceptors (Lipinski definition) is 5. The third kappa shape index (κ3) is 2.92. The van der Waals surface area contributed by atoms with Gasteiger partial charge in [0.2, 0.25) is 0 Å². The van der Waals surface area contributed by atoms with Crippen molar-refractivity contribution >= 4 is 16.9 Å². The standard InChI is InChI=1S/C16H19N7O2/c1-8(2)23-14-11(6-18-23)10(5-12(19-14)9-3-4-9)15(24)17-7-13-20-16(25)22-21-13/h5-6,8-9H,3-4,7H2,1-2H3,(H,17,24)(H2,20,21,22,25). The Hall–Kier alpha value is -2.97. The first-order valence-electron chi connectivity index (χ1n) is 8.33. The minimum atomic E-state index is -0.398. The molecule has 1 aliphatic rings. The van der Waals surface area contributed by atoms with E-state index in [0.717, 1.165) is 29.6 Å². The topological polar surface area (TPSA) is 121 Å². The molecule has 25 heavy (non-hydrogen) atoms. The average Bonchev–Trinajstić information content (AvgIpc) is 3.21. The third-order valence-corrected chi connectivity index (χ3v) is 4.28. The first-order valence-corrected chi connectivity index (χ1v) is 8.33. The maximum atomic E-state index is 12.7. The second kappa shape index (κ2) is 5.83. The van der Waals surface area contributed by atoms with Crippen LogP contribution in [0.2, 0.25) is 0 Å². The van der Waals surface area contributed by atoms with Crippen molar-refractivity contribution in [3.05, 3.63) is 39.8 Å².